The van der Waals surface area contributed by atoms with Crippen molar-refractivity contribution in [3.63, 3.8) is 0 Å². The van der Waals surface area contributed by atoms with Gasteiger partial charge in [0.25, 0.3) is 5.91 Å². The van der Waals surface area contributed by atoms with Gasteiger partial charge in [-0.15, -0.1) is 0 Å². The number of aromatic nitrogens is 4. The summed E-state index contributed by atoms with van der Waals surface area (Å²) in [7, 11) is 0. The molecule has 178 valence electrons. The van der Waals surface area contributed by atoms with Crippen molar-refractivity contribution in [1.29, 1.82) is 0 Å². The van der Waals surface area contributed by atoms with E-state index in [1.54, 1.807) is 18.3 Å². The number of ether oxygens (including phenoxy) is 1. The molecule has 0 fully saturated rings. The van der Waals surface area contributed by atoms with Crippen molar-refractivity contribution in [3.05, 3.63) is 89.6 Å². The van der Waals surface area contributed by atoms with E-state index in [9.17, 15) is 4.79 Å². The predicted molar refractivity (Wildman–Crippen MR) is 137 cm³/mol. The summed E-state index contributed by atoms with van der Waals surface area (Å²) < 4.78 is 6.19. The first-order chi connectivity index (χ1) is 16.9. The zero-order chi connectivity index (χ0) is 24.8. The van der Waals surface area contributed by atoms with Crippen LogP contribution >= 0.6 is 0 Å². The van der Waals surface area contributed by atoms with Gasteiger partial charge in [-0.2, -0.15) is 0 Å². The molecule has 0 saturated carbocycles. The molecule has 0 bridgehead atoms. The molecule has 4 aromatic rings. The van der Waals surface area contributed by atoms with Crippen molar-refractivity contribution in [1.82, 2.24) is 19.9 Å². The van der Waals surface area contributed by atoms with Gasteiger partial charge in [-0.1, -0.05) is 39.0 Å². The van der Waals surface area contributed by atoms with E-state index in [0.29, 0.717) is 34.5 Å². The lowest BCUT2D eigenvalue weighted by Crippen LogP contribution is -2.12. The van der Waals surface area contributed by atoms with Gasteiger partial charge in [0, 0.05) is 23.9 Å². The van der Waals surface area contributed by atoms with Gasteiger partial charge in [-0.3, -0.25) is 4.79 Å². The van der Waals surface area contributed by atoms with Gasteiger partial charge >= 0.3 is 0 Å². The van der Waals surface area contributed by atoms with Crippen molar-refractivity contribution < 1.29 is 9.53 Å². The first-order valence-corrected chi connectivity index (χ1v) is 11.8. The van der Waals surface area contributed by atoms with Gasteiger partial charge in [-0.25, -0.2) is 19.9 Å². The third-order valence-corrected chi connectivity index (χ3v) is 5.58. The molecule has 0 radical (unpaired) electrons. The second-order valence-electron chi connectivity index (χ2n) is 8.65. The first-order valence-electron chi connectivity index (χ1n) is 11.8. The number of nitrogens with one attached hydrogen (secondary N) is 1. The number of benzene rings is 2. The van der Waals surface area contributed by atoms with Crippen LogP contribution in [0.5, 0.6) is 11.6 Å². The number of pyridine rings is 1. The Balaban J connectivity index is 1.59. The van der Waals surface area contributed by atoms with E-state index in [1.165, 1.54) is 11.9 Å². The number of hydrogen-bond donors (Lipinski definition) is 1. The standard InChI is InChI=1S/C28H29N5O2/c1-5-8-25-30-17-31-26(33-25)23-11-7-14-29-28(23)35-24-16-21(13-12-19(24)4)27(34)32-22-10-6-9-20(15-22)18(2)3/h6-7,9-18H,5,8H2,1-4H3,(H,32,34). The number of aryl methyl sites for hydroxylation is 2. The second kappa shape index (κ2) is 10.9. The highest BCUT2D eigenvalue weighted by molar-refractivity contribution is 6.04. The number of hydrogen-bond acceptors (Lipinski definition) is 6. The van der Waals surface area contributed by atoms with Gasteiger partial charge in [0.05, 0.1) is 5.56 Å². The number of nitrogens with zero attached hydrogens (tertiary/aromatic N) is 4. The molecule has 0 aliphatic carbocycles. The average molecular weight is 468 g/mol. The topological polar surface area (TPSA) is 89.9 Å². The molecular formula is C28H29N5O2. The van der Waals surface area contributed by atoms with Gasteiger partial charge in [0.15, 0.2) is 5.82 Å². The Bertz CT molecular complexity index is 1340. The molecule has 2 heterocycles. The maximum atomic E-state index is 13.0. The van der Waals surface area contributed by atoms with Crippen LogP contribution in [0.4, 0.5) is 5.69 Å². The number of carbonyl (C=O) groups excluding carboxylic acids is 1. The summed E-state index contributed by atoms with van der Waals surface area (Å²) in [6.07, 6.45) is 4.87. The Morgan fingerprint density at radius 2 is 1.89 bits per heavy atom. The van der Waals surface area contributed by atoms with Gasteiger partial charge < -0.3 is 10.1 Å². The average Bonchev–Trinajstić information content (AvgIpc) is 2.86. The molecule has 0 aliphatic heterocycles. The minimum Gasteiger partial charge on any atom is -0.438 e. The number of anilines is 1. The van der Waals surface area contributed by atoms with Crippen molar-refractivity contribution >= 4 is 11.6 Å². The Morgan fingerprint density at radius 3 is 2.69 bits per heavy atom. The van der Waals surface area contributed by atoms with Gasteiger partial charge in [-0.05, 0) is 66.8 Å². The van der Waals surface area contributed by atoms with E-state index in [2.05, 4.69) is 52.1 Å². The highest BCUT2D eigenvalue weighted by atomic mass is 16.5. The maximum absolute atomic E-state index is 13.0. The maximum Gasteiger partial charge on any atom is 0.255 e. The third-order valence-electron chi connectivity index (χ3n) is 5.58. The van der Waals surface area contributed by atoms with Crippen LogP contribution in [0.25, 0.3) is 11.4 Å². The summed E-state index contributed by atoms with van der Waals surface area (Å²) >= 11 is 0. The van der Waals surface area contributed by atoms with Gasteiger partial charge in [0.2, 0.25) is 5.88 Å². The fraction of sp³-hybridized carbons (Fsp3) is 0.250. The zero-order valence-electron chi connectivity index (χ0n) is 20.4. The number of carbonyl (C=O) groups is 1. The fourth-order valence-corrected chi connectivity index (χ4v) is 3.58. The second-order valence-corrected chi connectivity index (χ2v) is 8.65. The highest BCUT2D eigenvalue weighted by Gasteiger charge is 2.15. The lowest BCUT2D eigenvalue weighted by Gasteiger charge is -2.13. The summed E-state index contributed by atoms with van der Waals surface area (Å²) in [5, 5.41) is 2.98. The van der Waals surface area contributed by atoms with Crippen LogP contribution in [-0.2, 0) is 6.42 Å². The predicted octanol–water partition coefficient (Wildman–Crippen LogP) is 6.36. The zero-order valence-corrected chi connectivity index (χ0v) is 20.4. The summed E-state index contributed by atoms with van der Waals surface area (Å²) in [6, 6.07) is 16.9. The Morgan fingerprint density at radius 1 is 1.03 bits per heavy atom. The Kier molecular flexibility index (Phi) is 7.45. The molecule has 7 nitrogen and oxygen atoms in total. The fourth-order valence-electron chi connectivity index (χ4n) is 3.58. The molecule has 0 saturated heterocycles. The molecule has 0 atom stereocenters. The molecule has 0 unspecified atom stereocenters. The quantitative estimate of drug-likeness (QED) is 0.324. The molecule has 1 N–H and O–H groups in total. The van der Waals surface area contributed by atoms with Crippen LogP contribution in [0, 0.1) is 6.92 Å². The number of amides is 1. The molecule has 4 rings (SSSR count). The molecular weight excluding hydrogens is 438 g/mol. The van der Waals surface area contributed by atoms with Crippen molar-refractivity contribution in [2.24, 2.45) is 0 Å². The normalized spacial score (nSPS) is 10.9. The minimum absolute atomic E-state index is 0.210. The summed E-state index contributed by atoms with van der Waals surface area (Å²) in [4.78, 5) is 30.5. The molecule has 35 heavy (non-hydrogen) atoms. The summed E-state index contributed by atoms with van der Waals surface area (Å²) in [6.45, 7) is 8.25. The molecule has 7 heteroatoms. The Labute approximate surface area is 205 Å². The van der Waals surface area contributed by atoms with Crippen molar-refractivity contribution in [3.8, 4) is 23.0 Å². The van der Waals surface area contributed by atoms with Gasteiger partial charge in [0.1, 0.15) is 17.9 Å². The lowest BCUT2D eigenvalue weighted by atomic mass is 10.0. The van der Waals surface area contributed by atoms with E-state index < -0.39 is 0 Å². The van der Waals surface area contributed by atoms with Crippen LogP contribution in [0.2, 0.25) is 0 Å². The summed E-state index contributed by atoms with van der Waals surface area (Å²) in [5.41, 5.74) is 3.95. The van der Waals surface area contributed by atoms with Crippen molar-refractivity contribution in [2.45, 2.75) is 46.5 Å². The SMILES string of the molecule is CCCc1ncnc(-c2cccnc2Oc2cc(C(=O)Nc3cccc(C(C)C)c3)ccc2C)n1. The van der Waals surface area contributed by atoms with Crippen molar-refractivity contribution in [2.75, 3.05) is 5.32 Å². The molecule has 0 spiro atoms. The molecule has 1 amide bonds. The van der Waals surface area contributed by atoms with Crippen LogP contribution < -0.4 is 10.1 Å². The van der Waals surface area contributed by atoms with E-state index in [4.69, 9.17) is 4.74 Å². The third kappa shape index (κ3) is 5.87. The minimum atomic E-state index is -0.210. The van der Waals surface area contributed by atoms with E-state index >= 15 is 0 Å². The summed E-state index contributed by atoms with van der Waals surface area (Å²) in [5.74, 6) is 2.30. The molecule has 0 aliphatic rings. The largest absolute Gasteiger partial charge is 0.438 e. The van der Waals surface area contributed by atoms with E-state index in [1.807, 2.05) is 43.3 Å². The van der Waals surface area contributed by atoms with Crippen LogP contribution in [0.15, 0.2) is 67.1 Å². The molecule has 2 aromatic heterocycles. The highest BCUT2D eigenvalue weighted by Crippen LogP contribution is 2.31. The van der Waals surface area contributed by atoms with Crippen LogP contribution in [-0.4, -0.2) is 25.8 Å². The van der Waals surface area contributed by atoms with E-state index in [-0.39, 0.29) is 5.91 Å². The first kappa shape index (κ1) is 24.0. The van der Waals surface area contributed by atoms with E-state index in [0.717, 1.165) is 29.9 Å². The number of rotatable bonds is 8. The molecule has 2 aromatic carbocycles. The monoisotopic (exact) mass is 467 g/mol. The lowest BCUT2D eigenvalue weighted by molar-refractivity contribution is 0.102. The Hall–Kier alpha value is -4.13. The van der Waals surface area contributed by atoms with Crippen LogP contribution in [0.1, 0.15) is 60.4 Å². The van der Waals surface area contributed by atoms with Crippen LogP contribution in [0.3, 0.4) is 0 Å². The smallest absolute Gasteiger partial charge is 0.255 e.